The second kappa shape index (κ2) is 7.29. The monoisotopic (exact) mass is 276 g/mol. The topological polar surface area (TPSA) is 50.4 Å². The third-order valence-electron chi connectivity index (χ3n) is 3.82. The van der Waals surface area contributed by atoms with Crippen LogP contribution in [0.25, 0.3) is 0 Å². The number of ether oxygens (including phenoxy) is 1. The van der Waals surface area contributed by atoms with Crippen LogP contribution in [0, 0.1) is 0 Å². The lowest BCUT2D eigenvalue weighted by atomic mass is 9.96. The number of rotatable bonds is 5. The molecular weight excluding hydrogens is 252 g/mol. The second-order valence-electron chi connectivity index (χ2n) is 5.46. The molecule has 4 heteroatoms. The maximum absolute atomic E-state index is 12.1. The third-order valence-corrected chi connectivity index (χ3v) is 3.82. The first-order chi connectivity index (χ1) is 9.70. The minimum absolute atomic E-state index is 0.122. The maximum Gasteiger partial charge on any atom is 0.220 e. The molecule has 1 aromatic carbocycles. The van der Waals surface area contributed by atoms with E-state index >= 15 is 0 Å². The summed E-state index contributed by atoms with van der Waals surface area (Å²) in [6.07, 6.45) is 2.70. The van der Waals surface area contributed by atoms with Gasteiger partial charge in [-0.2, -0.15) is 0 Å². The van der Waals surface area contributed by atoms with E-state index in [1.165, 1.54) is 0 Å². The highest BCUT2D eigenvalue weighted by molar-refractivity contribution is 5.77. The van der Waals surface area contributed by atoms with Crippen LogP contribution in [0.2, 0.25) is 0 Å². The number of piperidine rings is 1. The van der Waals surface area contributed by atoms with Gasteiger partial charge in [-0.25, -0.2) is 0 Å². The molecule has 2 unspecified atom stereocenters. The lowest BCUT2D eigenvalue weighted by molar-refractivity contribution is -0.122. The molecule has 1 saturated heterocycles. The van der Waals surface area contributed by atoms with Crippen molar-refractivity contribution in [2.24, 2.45) is 0 Å². The van der Waals surface area contributed by atoms with Gasteiger partial charge in [-0.1, -0.05) is 25.1 Å². The molecule has 1 aliphatic rings. The number of hydrogen-bond acceptors (Lipinski definition) is 3. The highest BCUT2D eigenvalue weighted by atomic mass is 16.5. The largest absolute Gasteiger partial charge is 0.496 e. The van der Waals surface area contributed by atoms with Gasteiger partial charge in [-0.3, -0.25) is 4.79 Å². The molecule has 4 nitrogen and oxygen atoms in total. The first kappa shape index (κ1) is 14.9. The van der Waals surface area contributed by atoms with Crippen molar-refractivity contribution in [2.75, 3.05) is 20.2 Å². The molecule has 2 atom stereocenters. The average Bonchev–Trinajstić information content (AvgIpc) is 2.48. The lowest BCUT2D eigenvalue weighted by Gasteiger charge is -2.24. The summed E-state index contributed by atoms with van der Waals surface area (Å²) in [5, 5.41) is 6.42. The molecule has 2 rings (SSSR count). The van der Waals surface area contributed by atoms with Gasteiger partial charge in [0.05, 0.1) is 7.11 Å². The van der Waals surface area contributed by atoms with Crippen molar-refractivity contribution in [1.29, 1.82) is 0 Å². The molecular formula is C16H24N2O2. The number of hydrogen-bond donors (Lipinski definition) is 2. The van der Waals surface area contributed by atoms with Gasteiger partial charge in [0.1, 0.15) is 5.75 Å². The fourth-order valence-corrected chi connectivity index (χ4v) is 2.72. The summed E-state index contributed by atoms with van der Waals surface area (Å²) < 4.78 is 5.36. The molecule has 1 heterocycles. The van der Waals surface area contributed by atoms with Crippen LogP contribution in [0.5, 0.6) is 5.75 Å². The summed E-state index contributed by atoms with van der Waals surface area (Å²) in [5.41, 5.74) is 1.09. The van der Waals surface area contributed by atoms with Crippen LogP contribution in [0.15, 0.2) is 24.3 Å². The number of carbonyl (C=O) groups is 1. The Hall–Kier alpha value is -1.55. The second-order valence-corrected chi connectivity index (χ2v) is 5.46. The Morgan fingerprint density at radius 3 is 3.00 bits per heavy atom. The number of benzene rings is 1. The van der Waals surface area contributed by atoms with Gasteiger partial charge in [0.25, 0.3) is 0 Å². The average molecular weight is 276 g/mol. The minimum Gasteiger partial charge on any atom is -0.496 e. The van der Waals surface area contributed by atoms with E-state index in [1.807, 2.05) is 24.3 Å². The van der Waals surface area contributed by atoms with Crippen molar-refractivity contribution < 1.29 is 9.53 Å². The molecule has 20 heavy (non-hydrogen) atoms. The molecule has 110 valence electrons. The van der Waals surface area contributed by atoms with Gasteiger partial charge in [-0.05, 0) is 36.9 Å². The van der Waals surface area contributed by atoms with Crippen LogP contribution in [-0.2, 0) is 4.79 Å². The van der Waals surface area contributed by atoms with E-state index in [9.17, 15) is 4.79 Å². The molecule has 2 N–H and O–H groups in total. The Labute approximate surface area is 120 Å². The van der Waals surface area contributed by atoms with Crippen LogP contribution >= 0.6 is 0 Å². The zero-order chi connectivity index (χ0) is 14.4. The first-order valence-electron chi connectivity index (χ1n) is 7.33. The Morgan fingerprint density at radius 1 is 1.50 bits per heavy atom. The summed E-state index contributed by atoms with van der Waals surface area (Å²) in [6, 6.07) is 8.18. The van der Waals surface area contributed by atoms with Gasteiger partial charge < -0.3 is 15.4 Å². The first-order valence-corrected chi connectivity index (χ1v) is 7.33. The van der Waals surface area contributed by atoms with Crippen LogP contribution in [-0.4, -0.2) is 32.1 Å². The van der Waals surface area contributed by atoms with Gasteiger partial charge in [0.15, 0.2) is 0 Å². The Kier molecular flexibility index (Phi) is 5.41. The number of carbonyl (C=O) groups excluding carboxylic acids is 1. The van der Waals surface area contributed by atoms with Crippen LogP contribution in [0.4, 0.5) is 0 Å². The van der Waals surface area contributed by atoms with Gasteiger partial charge in [-0.15, -0.1) is 0 Å². The maximum atomic E-state index is 12.1. The van der Waals surface area contributed by atoms with Crippen LogP contribution < -0.4 is 15.4 Å². The normalized spacial score (nSPS) is 20.2. The van der Waals surface area contributed by atoms with E-state index in [1.54, 1.807) is 7.11 Å². The highest BCUT2D eigenvalue weighted by Crippen LogP contribution is 2.28. The summed E-state index contributed by atoms with van der Waals surface area (Å²) in [4.78, 5) is 12.1. The number of amides is 1. The molecule has 1 aliphatic heterocycles. The molecule has 0 saturated carbocycles. The predicted octanol–water partition coefficient (Wildman–Crippen LogP) is 2.06. The zero-order valence-corrected chi connectivity index (χ0v) is 12.3. The fraction of sp³-hybridized carbons (Fsp3) is 0.562. The fourth-order valence-electron chi connectivity index (χ4n) is 2.72. The van der Waals surface area contributed by atoms with E-state index < -0.39 is 0 Å². The molecule has 1 amide bonds. The minimum atomic E-state index is 0.122. The Balaban J connectivity index is 1.89. The molecule has 0 aromatic heterocycles. The quantitative estimate of drug-likeness (QED) is 0.865. The van der Waals surface area contributed by atoms with Crippen molar-refractivity contribution in [1.82, 2.24) is 10.6 Å². The predicted molar refractivity (Wildman–Crippen MR) is 80.1 cm³/mol. The Bertz CT molecular complexity index is 442. The number of para-hydroxylation sites is 1. The molecule has 0 aliphatic carbocycles. The van der Waals surface area contributed by atoms with Crippen LogP contribution in [0.3, 0.4) is 0 Å². The lowest BCUT2D eigenvalue weighted by Crippen LogP contribution is -2.45. The number of nitrogens with one attached hydrogen (secondary N) is 2. The van der Waals surface area contributed by atoms with Crippen LogP contribution in [0.1, 0.15) is 37.7 Å². The zero-order valence-electron chi connectivity index (χ0n) is 12.3. The SMILES string of the molecule is COc1ccccc1C(C)CC(=O)NC1CCCNC1. The van der Waals surface area contributed by atoms with Crippen molar-refractivity contribution in [3.05, 3.63) is 29.8 Å². The van der Waals surface area contributed by atoms with E-state index in [-0.39, 0.29) is 17.9 Å². The molecule has 1 aromatic rings. The highest BCUT2D eigenvalue weighted by Gasteiger charge is 2.19. The third kappa shape index (κ3) is 3.97. The Morgan fingerprint density at radius 2 is 2.30 bits per heavy atom. The number of methoxy groups -OCH3 is 1. The van der Waals surface area contributed by atoms with E-state index in [2.05, 4.69) is 17.6 Å². The molecule has 0 radical (unpaired) electrons. The molecule has 0 bridgehead atoms. The standard InChI is InChI=1S/C16H24N2O2/c1-12(14-7-3-4-8-15(14)20-2)10-16(19)18-13-6-5-9-17-11-13/h3-4,7-8,12-13,17H,5-6,9-11H2,1-2H3,(H,18,19). The summed E-state index contributed by atoms with van der Waals surface area (Å²) in [7, 11) is 1.67. The van der Waals surface area contributed by atoms with Gasteiger partial charge in [0.2, 0.25) is 5.91 Å². The van der Waals surface area contributed by atoms with Crippen molar-refractivity contribution >= 4 is 5.91 Å². The summed E-state index contributed by atoms with van der Waals surface area (Å²) in [5.74, 6) is 1.13. The smallest absolute Gasteiger partial charge is 0.220 e. The van der Waals surface area contributed by atoms with Crippen molar-refractivity contribution in [2.45, 2.75) is 38.1 Å². The molecule has 1 fully saturated rings. The van der Waals surface area contributed by atoms with Crippen molar-refractivity contribution in [3.63, 3.8) is 0 Å². The molecule has 0 spiro atoms. The van der Waals surface area contributed by atoms with Crippen molar-refractivity contribution in [3.8, 4) is 5.75 Å². The summed E-state index contributed by atoms with van der Waals surface area (Å²) in [6.45, 7) is 4.01. The summed E-state index contributed by atoms with van der Waals surface area (Å²) >= 11 is 0. The van der Waals surface area contributed by atoms with E-state index in [0.717, 1.165) is 37.2 Å². The van der Waals surface area contributed by atoms with E-state index in [4.69, 9.17) is 4.74 Å². The van der Waals surface area contributed by atoms with Gasteiger partial charge >= 0.3 is 0 Å². The van der Waals surface area contributed by atoms with E-state index in [0.29, 0.717) is 6.42 Å². The van der Waals surface area contributed by atoms with Gasteiger partial charge in [0, 0.05) is 19.0 Å².